The molecule has 2 unspecified atom stereocenters. The third kappa shape index (κ3) is 3.54. The Labute approximate surface area is 124 Å². The van der Waals surface area contributed by atoms with Crippen LogP contribution < -0.4 is 4.74 Å². The van der Waals surface area contributed by atoms with Crippen molar-refractivity contribution in [3.05, 3.63) is 29.8 Å². The van der Waals surface area contributed by atoms with Gasteiger partial charge < -0.3 is 14.7 Å². The number of hydrogen-bond acceptors (Lipinski definition) is 3. The zero-order valence-corrected chi connectivity index (χ0v) is 12.4. The van der Waals surface area contributed by atoms with E-state index in [1.54, 1.807) is 29.2 Å². The minimum atomic E-state index is -0.832. The maximum absolute atomic E-state index is 12.4. The van der Waals surface area contributed by atoms with Gasteiger partial charge in [-0.05, 0) is 36.6 Å². The highest BCUT2D eigenvalue weighted by molar-refractivity contribution is 5.95. The van der Waals surface area contributed by atoms with Gasteiger partial charge in [-0.3, -0.25) is 9.59 Å². The molecule has 114 valence electrons. The fraction of sp³-hybridized carbons (Fsp3) is 0.500. The summed E-state index contributed by atoms with van der Waals surface area (Å²) in [4.78, 5) is 25.1. The number of likely N-dealkylation sites (tertiary alicyclic amines) is 1. The van der Waals surface area contributed by atoms with E-state index in [-0.39, 0.29) is 18.4 Å². The predicted molar refractivity (Wildman–Crippen MR) is 78.4 cm³/mol. The zero-order valence-electron chi connectivity index (χ0n) is 12.4. The Bertz CT molecular complexity index is 512. The lowest BCUT2D eigenvalue weighted by molar-refractivity contribution is -0.142. The van der Waals surface area contributed by atoms with Crippen molar-refractivity contribution in [2.24, 2.45) is 11.8 Å². The van der Waals surface area contributed by atoms with Crippen LogP contribution in [0.25, 0.3) is 0 Å². The third-order valence-corrected chi connectivity index (χ3v) is 3.79. The molecule has 5 nitrogen and oxygen atoms in total. The topological polar surface area (TPSA) is 66.8 Å². The van der Waals surface area contributed by atoms with Gasteiger partial charge >= 0.3 is 5.97 Å². The van der Waals surface area contributed by atoms with Gasteiger partial charge in [0.1, 0.15) is 5.75 Å². The number of nitrogens with zero attached hydrogens (tertiary/aromatic N) is 1. The summed E-state index contributed by atoms with van der Waals surface area (Å²) in [6.45, 7) is 5.32. The summed E-state index contributed by atoms with van der Waals surface area (Å²) in [5.74, 6) is -0.694. The Morgan fingerprint density at radius 1 is 1.29 bits per heavy atom. The van der Waals surface area contributed by atoms with E-state index in [1.807, 2.05) is 13.8 Å². The molecular weight excluding hydrogens is 270 g/mol. The lowest BCUT2D eigenvalue weighted by Crippen LogP contribution is -2.29. The van der Waals surface area contributed by atoms with Crippen LogP contribution in [-0.2, 0) is 4.79 Å². The van der Waals surface area contributed by atoms with E-state index in [1.165, 1.54) is 0 Å². The second kappa shape index (κ2) is 6.61. The number of hydrogen-bond donors (Lipinski definition) is 1. The molecule has 2 rings (SSSR count). The number of carbonyl (C=O) groups excluding carboxylic acids is 1. The van der Waals surface area contributed by atoms with Gasteiger partial charge in [-0.25, -0.2) is 0 Å². The fourth-order valence-electron chi connectivity index (χ4n) is 2.55. The number of carbonyl (C=O) groups is 2. The Kier molecular flexibility index (Phi) is 4.83. The second-order valence-corrected chi connectivity index (χ2v) is 5.50. The number of rotatable bonds is 5. The van der Waals surface area contributed by atoms with Crippen LogP contribution in [0, 0.1) is 11.8 Å². The normalized spacial score (nSPS) is 21.3. The van der Waals surface area contributed by atoms with Crippen LogP contribution in [0.15, 0.2) is 24.3 Å². The molecule has 1 fully saturated rings. The van der Waals surface area contributed by atoms with Crippen molar-refractivity contribution in [3.8, 4) is 5.75 Å². The predicted octanol–water partition coefficient (Wildman–Crippen LogP) is 2.27. The summed E-state index contributed by atoms with van der Waals surface area (Å²) in [5.41, 5.74) is 0.567. The lowest BCUT2D eigenvalue weighted by Gasteiger charge is -2.16. The summed E-state index contributed by atoms with van der Waals surface area (Å²) in [7, 11) is 0. The van der Waals surface area contributed by atoms with Gasteiger partial charge in [0.15, 0.2) is 0 Å². The number of carboxylic acid groups (broad SMARTS) is 1. The van der Waals surface area contributed by atoms with E-state index in [2.05, 4.69) is 0 Å². The molecule has 1 aliphatic rings. The zero-order chi connectivity index (χ0) is 15.4. The first kappa shape index (κ1) is 15.4. The van der Waals surface area contributed by atoms with E-state index < -0.39 is 11.9 Å². The monoisotopic (exact) mass is 291 g/mol. The maximum Gasteiger partial charge on any atom is 0.308 e. The molecule has 5 heteroatoms. The average molecular weight is 291 g/mol. The van der Waals surface area contributed by atoms with Crippen molar-refractivity contribution in [2.75, 3.05) is 19.7 Å². The lowest BCUT2D eigenvalue weighted by atomic mass is 9.99. The van der Waals surface area contributed by atoms with E-state index in [0.717, 1.165) is 12.2 Å². The summed E-state index contributed by atoms with van der Waals surface area (Å²) in [5, 5.41) is 9.12. The molecule has 1 aromatic carbocycles. The van der Waals surface area contributed by atoms with Crippen molar-refractivity contribution in [2.45, 2.75) is 20.3 Å². The molecule has 1 amide bonds. The Morgan fingerprint density at radius 2 is 1.95 bits per heavy atom. The Morgan fingerprint density at radius 3 is 2.48 bits per heavy atom. The summed E-state index contributed by atoms with van der Waals surface area (Å²) in [6.07, 6.45) is 0.933. The van der Waals surface area contributed by atoms with Crippen molar-refractivity contribution in [1.82, 2.24) is 4.90 Å². The molecule has 0 bridgehead atoms. The number of carboxylic acids is 1. The molecule has 2 atom stereocenters. The van der Waals surface area contributed by atoms with Crippen LogP contribution >= 0.6 is 0 Å². The smallest absolute Gasteiger partial charge is 0.308 e. The maximum atomic E-state index is 12.4. The van der Waals surface area contributed by atoms with E-state index >= 15 is 0 Å². The van der Waals surface area contributed by atoms with Crippen LogP contribution in [0.2, 0.25) is 0 Å². The highest BCUT2D eigenvalue weighted by Crippen LogP contribution is 2.25. The standard InChI is InChI=1S/C16H21NO4/c1-3-8-21-13-6-4-12(5-7-13)15(18)17-9-11(2)14(10-17)16(19)20/h4-7,11,14H,3,8-10H2,1-2H3,(H,19,20). The van der Waals surface area contributed by atoms with Crippen LogP contribution in [0.5, 0.6) is 5.75 Å². The molecule has 0 saturated carbocycles. The number of aliphatic carboxylic acids is 1. The quantitative estimate of drug-likeness (QED) is 0.903. The Hall–Kier alpha value is -2.04. The first-order chi connectivity index (χ1) is 10.0. The fourth-order valence-corrected chi connectivity index (χ4v) is 2.55. The molecular formula is C16H21NO4. The Balaban J connectivity index is 2.02. The second-order valence-electron chi connectivity index (χ2n) is 5.50. The van der Waals surface area contributed by atoms with E-state index in [0.29, 0.717) is 18.7 Å². The minimum Gasteiger partial charge on any atom is -0.494 e. The van der Waals surface area contributed by atoms with Gasteiger partial charge in [0.25, 0.3) is 5.91 Å². The van der Waals surface area contributed by atoms with Crippen molar-refractivity contribution < 1.29 is 19.4 Å². The van der Waals surface area contributed by atoms with Gasteiger partial charge in [-0.2, -0.15) is 0 Å². The van der Waals surface area contributed by atoms with Gasteiger partial charge in [0.2, 0.25) is 0 Å². The van der Waals surface area contributed by atoms with Gasteiger partial charge in [0.05, 0.1) is 12.5 Å². The van der Waals surface area contributed by atoms with E-state index in [9.17, 15) is 9.59 Å². The average Bonchev–Trinajstić information content (AvgIpc) is 2.87. The van der Waals surface area contributed by atoms with Crippen LogP contribution in [0.4, 0.5) is 0 Å². The van der Waals surface area contributed by atoms with Crippen molar-refractivity contribution >= 4 is 11.9 Å². The number of ether oxygens (including phenoxy) is 1. The molecule has 1 heterocycles. The molecule has 0 spiro atoms. The first-order valence-corrected chi connectivity index (χ1v) is 7.28. The van der Waals surface area contributed by atoms with Crippen LogP contribution in [0.1, 0.15) is 30.6 Å². The molecule has 1 aliphatic heterocycles. The first-order valence-electron chi connectivity index (χ1n) is 7.28. The van der Waals surface area contributed by atoms with Crippen molar-refractivity contribution in [3.63, 3.8) is 0 Å². The highest BCUT2D eigenvalue weighted by Gasteiger charge is 2.37. The van der Waals surface area contributed by atoms with Crippen LogP contribution in [-0.4, -0.2) is 41.6 Å². The molecule has 1 saturated heterocycles. The van der Waals surface area contributed by atoms with E-state index in [4.69, 9.17) is 9.84 Å². The molecule has 0 aliphatic carbocycles. The largest absolute Gasteiger partial charge is 0.494 e. The molecule has 21 heavy (non-hydrogen) atoms. The van der Waals surface area contributed by atoms with Crippen molar-refractivity contribution in [1.29, 1.82) is 0 Å². The van der Waals surface area contributed by atoms with Gasteiger partial charge in [0, 0.05) is 18.7 Å². The SMILES string of the molecule is CCCOc1ccc(C(=O)N2CC(C)C(C(=O)O)C2)cc1. The molecule has 0 aromatic heterocycles. The van der Waals surface area contributed by atoms with Gasteiger partial charge in [-0.15, -0.1) is 0 Å². The molecule has 1 aromatic rings. The molecule has 1 N–H and O–H groups in total. The third-order valence-electron chi connectivity index (χ3n) is 3.79. The van der Waals surface area contributed by atoms with Gasteiger partial charge in [-0.1, -0.05) is 13.8 Å². The highest BCUT2D eigenvalue weighted by atomic mass is 16.5. The molecule has 0 radical (unpaired) electrons. The summed E-state index contributed by atoms with van der Waals surface area (Å²) >= 11 is 0. The number of amides is 1. The van der Waals surface area contributed by atoms with Crippen LogP contribution in [0.3, 0.4) is 0 Å². The minimum absolute atomic E-state index is 0.0152. The summed E-state index contributed by atoms with van der Waals surface area (Å²) in [6, 6.07) is 7.01. The summed E-state index contributed by atoms with van der Waals surface area (Å²) < 4.78 is 5.48. The number of benzene rings is 1.